The van der Waals surface area contributed by atoms with Gasteiger partial charge in [-0.25, -0.2) is 9.78 Å². The Kier molecular flexibility index (Phi) is 3.98. The van der Waals surface area contributed by atoms with Gasteiger partial charge in [-0.15, -0.1) is 0 Å². The van der Waals surface area contributed by atoms with E-state index in [1.807, 2.05) is 0 Å². The van der Waals surface area contributed by atoms with Gasteiger partial charge in [0.15, 0.2) is 0 Å². The Morgan fingerprint density at radius 2 is 2.00 bits per heavy atom. The number of esters is 1. The molecule has 0 aliphatic rings. The number of halogens is 2. The van der Waals surface area contributed by atoms with Crippen LogP contribution in [0.15, 0.2) is 18.3 Å². The monoisotopic (exact) mass is 245 g/mol. The Morgan fingerprint density at radius 3 is 2.41 bits per heavy atom. The van der Waals surface area contributed by atoms with Crippen molar-refractivity contribution in [3.63, 3.8) is 0 Å². The van der Waals surface area contributed by atoms with Crippen molar-refractivity contribution in [2.75, 3.05) is 0 Å². The highest BCUT2D eigenvalue weighted by Gasteiger charge is 2.18. The summed E-state index contributed by atoms with van der Waals surface area (Å²) in [6.45, 7) is 2.25. The molecule has 0 saturated carbocycles. The minimum atomic E-state index is -2.94. The zero-order valence-electron chi connectivity index (χ0n) is 9.74. The fourth-order valence-electron chi connectivity index (χ4n) is 0.999. The van der Waals surface area contributed by atoms with Gasteiger partial charge in [-0.05, 0) is 26.8 Å². The molecule has 94 valence electrons. The Morgan fingerprint density at radius 1 is 1.35 bits per heavy atom. The Hall–Kier alpha value is -1.72. The summed E-state index contributed by atoms with van der Waals surface area (Å²) in [6, 6.07) is 2.50. The van der Waals surface area contributed by atoms with Gasteiger partial charge in [-0.2, -0.15) is 8.78 Å². The maximum absolute atomic E-state index is 11.8. The first-order chi connectivity index (χ1) is 7.78. The predicted molar refractivity (Wildman–Crippen MR) is 56.0 cm³/mol. The van der Waals surface area contributed by atoms with E-state index in [1.165, 1.54) is 12.1 Å². The van der Waals surface area contributed by atoms with Crippen LogP contribution >= 0.6 is 0 Å². The molecule has 0 aromatic carbocycles. The molecule has 0 aliphatic carbocycles. The largest absolute Gasteiger partial charge is 0.456 e. The fourth-order valence-corrected chi connectivity index (χ4v) is 0.999. The third kappa shape index (κ3) is 4.76. The number of ether oxygens (including phenoxy) is 2. The van der Waals surface area contributed by atoms with E-state index in [0.717, 1.165) is 6.20 Å². The smallest absolute Gasteiger partial charge is 0.388 e. The molecular formula is C11H13F2NO3. The third-order valence-electron chi connectivity index (χ3n) is 1.58. The van der Waals surface area contributed by atoms with Gasteiger partial charge in [0, 0.05) is 12.3 Å². The molecule has 0 amide bonds. The lowest BCUT2D eigenvalue weighted by Gasteiger charge is -2.19. The Bertz CT molecular complexity index is 385. The van der Waals surface area contributed by atoms with E-state index >= 15 is 0 Å². The van der Waals surface area contributed by atoms with Crippen molar-refractivity contribution in [3.8, 4) is 5.88 Å². The van der Waals surface area contributed by atoms with E-state index < -0.39 is 18.2 Å². The molecule has 0 unspecified atom stereocenters. The van der Waals surface area contributed by atoms with E-state index in [9.17, 15) is 13.6 Å². The van der Waals surface area contributed by atoms with Crippen LogP contribution in [0.3, 0.4) is 0 Å². The summed E-state index contributed by atoms with van der Waals surface area (Å²) in [4.78, 5) is 15.1. The lowest BCUT2D eigenvalue weighted by atomic mass is 10.2. The molecule has 4 nitrogen and oxygen atoms in total. The molecule has 0 N–H and O–H groups in total. The first-order valence-electron chi connectivity index (χ1n) is 4.92. The normalized spacial score (nSPS) is 11.4. The van der Waals surface area contributed by atoms with Crippen LogP contribution in [0, 0.1) is 0 Å². The minimum absolute atomic E-state index is 0.182. The van der Waals surface area contributed by atoms with Gasteiger partial charge < -0.3 is 9.47 Å². The summed E-state index contributed by atoms with van der Waals surface area (Å²) in [5.41, 5.74) is -0.434. The molecule has 0 fully saturated rings. The van der Waals surface area contributed by atoms with Crippen LogP contribution in [0.5, 0.6) is 5.88 Å². The minimum Gasteiger partial charge on any atom is -0.456 e. The maximum Gasteiger partial charge on any atom is 0.388 e. The highest BCUT2D eigenvalue weighted by molar-refractivity contribution is 5.89. The summed E-state index contributed by atoms with van der Waals surface area (Å²) in [6.07, 6.45) is 1.13. The number of alkyl halides is 2. The van der Waals surface area contributed by atoms with Crippen LogP contribution in [0.25, 0.3) is 0 Å². The summed E-state index contributed by atoms with van der Waals surface area (Å²) < 4.78 is 32.8. The lowest BCUT2D eigenvalue weighted by Crippen LogP contribution is -2.23. The highest BCUT2D eigenvalue weighted by Crippen LogP contribution is 2.14. The van der Waals surface area contributed by atoms with Crippen molar-refractivity contribution in [2.24, 2.45) is 0 Å². The predicted octanol–water partition coefficient (Wildman–Crippen LogP) is 2.64. The Labute approximate surface area is 97.6 Å². The van der Waals surface area contributed by atoms with E-state index in [0.29, 0.717) is 0 Å². The van der Waals surface area contributed by atoms with E-state index in [-0.39, 0.29) is 11.4 Å². The second-order valence-corrected chi connectivity index (χ2v) is 4.27. The van der Waals surface area contributed by atoms with Crippen LogP contribution in [0.2, 0.25) is 0 Å². The van der Waals surface area contributed by atoms with E-state index in [4.69, 9.17) is 4.74 Å². The number of hydrogen-bond donors (Lipinski definition) is 0. The van der Waals surface area contributed by atoms with Gasteiger partial charge >= 0.3 is 12.6 Å². The van der Waals surface area contributed by atoms with Gasteiger partial charge in [0.25, 0.3) is 0 Å². The molecule has 0 saturated heterocycles. The van der Waals surface area contributed by atoms with Crippen LogP contribution < -0.4 is 4.74 Å². The molecule has 0 radical (unpaired) electrons. The van der Waals surface area contributed by atoms with Crippen LogP contribution in [0.1, 0.15) is 31.1 Å². The van der Waals surface area contributed by atoms with Crippen molar-refractivity contribution < 1.29 is 23.0 Å². The number of aromatic nitrogens is 1. The van der Waals surface area contributed by atoms with Crippen molar-refractivity contribution in [1.29, 1.82) is 0 Å². The first kappa shape index (κ1) is 13.3. The number of nitrogens with zero attached hydrogens (tertiary/aromatic N) is 1. The molecule has 6 heteroatoms. The molecule has 1 aromatic rings. The molecule has 0 spiro atoms. The fraction of sp³-hybridized carbons (Fsp3) is 0.455. The van der Waals surface area contributed by atoms with Gasteiger partial charge in [-0.3, -0.25) is 0 Å². The molecule has 1 heterocycles. The van der Waals surface area contributed by atoms with Crippen molar-refractivity contribution in [3.05, 3.63) is 23.9 Å². The average Bonchev–Trinajstić information content (AvgIpc) is 2.15. The number of carbonyl (C=O) groups excluding carboxylic acids is 1. The van der Waals surface area contributed by atoms with E-state index in [2.05, 4.69) is 9.72 Å². The standard InChI is InChI=1S/C11H13F2NO3/c1-11(2,3)17-9(15)7-4-5-8(14-6-7)16-10(12)13/h4-6,10H,1-3H3. The van der Waals surface area contributed by atoms with Gasteiger partial charge in [0.2, 0.25) is 5.88 Å². The van der Waals surface area contributed by atoms with E-state index in [1.54, 1.807) is 20.8 Å². The van der Waals surface area contributed by atoms with Crippen LogP contribution in [-0.4, -0.2) is 23.2 Å². The topological polar surface area (TPSA) is 48.4 Å². The second kappa shape index (κ2) is 5.07. The molecule has 17 heavy (non-hydrogen) atoms. The zero-order valence-corrected chi connectivity index (χ0v) is 9.74. The van der Waals surface area contributed by atoms with Crippen molar-refractivity contribution in [1.82, 2.24) is 4.98 Å². The number of pyridine rings is 1. The summed E-state index contributed by atoms with van der Waals surface area (Å²) >= 11 is 0. The average molecular weight is 245 g/mol. The van der Waals surface area contributed by atoms with Gasteiger partial charge in [0.05, 0.1) is 5.56 Å². The lowest BCUT2D eigenvalue weighted by molar-refractivity contribution is -0.0528. The second-order valence-electron chi connectivity index (χ2n) is 4.27. The first-order valence-corrected chi connectivity index (χ1v) is 4.92. The summed E-state index contributed by atoms with van der Waals surface area (Å²) in [5, 5.41) is 0. The third-order valence-corrected chi connectivity index (χ3v) is 1.58. The SMILES string of the molecule is CC(C)(C)OC(=O)c1ccc(OC(F)F)nc1. The van der Waals surface area contributed by atoms with Crippen molar-refractivity contribution in [2.45, 2.75) is 33.0 Å². The van der Waals surface area contributed by atoms with Crippen LogP contribution in [0.4, 0.5) is 8.78 Å². The van der Waals surface area contributed by atoms with Gasteiger partial charge in [-0.1, -0.05) is 0 Å². The van der Waals surface area contributed by atoms with Crippen LogP contribution in [-0.2, 0) is 4.74 Å². The Balaban J connectivity index is 2.71. The summed E-state index contributed by atoms with van der Waals surface area (Å²) in [5.74, 6) is -0.805. The molecule has 1 rings (SSSR count). The number of carbonyl (C=O) groups is 1. The summed E-state index contributed by atoms with van der Waals surface area (Å²) in [7, 11) is 0. The zero-order chi connectivity index (χ0) is 13.1. The quantitative estimate of drug-likeness (QED) is 0.768. The van der Waals surface area contributed by atoms with Gasteiger partial charge in [0.1, 0.15) is 5.60 Å². The number of hydrogen-bond acceptors (Lipinski definition) is 4. The molecule has 0 bridgehead atoms. The maximum atomic E-state index is 11.8. The molecule has 0 aliphatic heterocycles. The molecule has 0 atom stereocenters. The molecular weight excluding hydrogens is 232 g/mol. The molecule has 1 aromatic heterocycles. The van der Waals surface area contributed by atoms with Crippen molar-refractivity contribution >= 4 is 5.97 Å². The number of rotatable bonds is 3. The highest BCUT2D eigenvalue weighted by atomic mass is 19.3.